The summed E-state index contributed by atoms with van der Waals surface area (Å²) in [5, 5.41) is 21.3. The number of aromatic nitrogens is 4. The van der Waals surface area contributed by atoms with Crippen LogP contribution in [0.5, 0.6) is 0 Å². The number of aliphatic hydroxyl groups excluding tert-OH is 1. The Balaban J connectivity index is 1.93. The van der Waals surface area contributed by atoms with Crippen molar-refractivity contribution in [2.75, 3.05) is 19.0 Å². The van der Waals surface area contributed by atoms with Crippen molar-refractivity contribution >= 4 is 44.5 Å². The molecule has 3 aromatic rings. The number of thiazole rings is 1. The maximum absolute atomic E-state index is 9.48. The second-order valence-electron chi connectivity index (χ2n) is 3.92. The Kier molecular flexibility index (Phi) is 3.44. The van der Waals surface area contributed by atoms with Gasteiger partial charge in [-0.1, -0.05) is 11.3 Å². The van der Waals surface area contributed by atoms with Gasteiger partial charge in [0.1, 0.15) is 5.03 Å². The van der Waals surface area contributed by atoms with E-state index in [9.17, 15) is 5.11 Å². The van der Waals surface area contributed by atoms with E-state index in [-0.39, 0.29) is 6.61 Å². The zero-order valence-electron chi connectivity index (χ0n) is 10.3. The van der Waals surface area contributed by atoms with Crippen LogP contribution in [0.4, 0.5) is 5.13 Å². The monoisotopic (exact) mass is 313 g/mol. The van der Waals surface area contributed by atoms with Gasteiger partial charge in [-0.3, -0.25) is 4.40 Å². The van der Waals surface area contributed by atoms with Gasteiger partial charge in [-0.15, -0.1) is 21.5 Å². The summed E-state index contributed by atoms with van der Waals surface area (Å²) in [6.45, 7) is -0.0421. The van der Waals surface area contributed by atoms with Crippen molar-refractivity contribution in [3.05, 3.63) is 17.3 Å². The van der Waals surface area contributed by atoms with Gasteiger partial charge >= 0.3 is 0 Å². The first-order valence-corrected chi connectivity index (χ1v) is 7.94. The molecule has 0 aliphatic rings. The third-order valence-corrected chi connectivity index (χ3v) is 5.36. The van der Waals surface area contributed by atoms with Crippen molar-refractivity contribution in [2.45, 2.75) is 16.0 Å². The fraction of sp³-hybridized carbons (Fsp3) is 0.300. The van der Waals surface area contributed by atoms with Crippen LogP contribution in [-0.4, -0.2) is 38.8 Å². The molecule has 0 unspecified atom stereocenters. The minimum atomic E-state index is -0.0421. The van der Waals surface area contributed by atoms with Crippen LogP contribution in [0.15, 0.2) is 20.9 Å². The Morgan fingerprint density at radius 1 is 1.42 bits per heavy atom. The highest BCUT2D eigenvalue weighted by Gasteiger charge is 2.16. The average Bonchev–Trinajstić information content (AvgIpc) is 3.04. The number of fused-ring (bicyclic) bond motifs is 1. The lowest BCUT2D eigenvalue weighted by molar-refractivity contribution is 0.272. The largest absolute Gasteiger partial charge is 0.390 e. The number of imidazole rings is 1. The average molecular weight is 313 g/mol. The molecule has 0 amide bonds. The highest BCUT2D eigenvalue weighted by molar-refractivity contribution is 8.01. The number of hydrogen-bond donors (Lipinski definition) is 1. The maximum atomic E-state index is 9.48. The number of nitrogens with zero attached hydrogens (tertiary/aromatic N) is 5. The topological polar surface area (TPSA) is 66.6 Å². The quantitative estimate of drug-likeness (QED) is 0.794. The van der Waals surface area contributed by atoms with Gasteiger partial charge in [0, 0.05) is 25.7 Å². The van der Waals surface area contributed by atoms with Gasteiger partial charge in [0.2, 0.25) is 5.13 Å². The molecule has 0 saturated heterocycles. The Bertz CT molecular complexity index is 701. The van der Waals surface area contributed by atoms with Gasteiger partial charge in [0.05, 0.1) is 12.3 Å². The minimum absolute atomic E-state index is 0.0421. The van der Waals surface area contributed by atoms with E-state index in [0.29, 0.717) is 0 Å². The molecule has 0 saturated carbocycles. The molecule has 100 valence electrons. The zero-order valence-corrected chi connectivity index (χ0v) is 12.7. The van der Waals surface area contributed by atoms with E-state index >= 15 is 0 Å². The first kappa shape index (κ1) is 12.9. The van der Waals surface area contributed by atoms with Crippen molar-refractivity contribution in [1.29, 1.82) is 0 Å². The van der Waals surface area contributed by atoms with Crippen molar-refractivity contribution in [3.8, 4) is 0 Å². The molecule has 0 aliphatic heterocycles. The SMILES string of the molecule is CN(C)c1nnc(Sc2nc3sccn3c2CO)s1. The molecule has 1 N–H and O–H groups in total. The summed E-state index contributed by atoms with van der Waals surface area (Å²) in [6, 6.07) is 0. The lowest BCUT2D eigenvalue weighted by Gasteiger charge is -2.03. The van der Waals surface area contributed by atoms with Gasteiger partial charge in [0.15, 0.2) is 9.30 Å². The summed E-state index contributed by atoms with van der Waals surface area (Å²) in [5.74, 6) is 0. The molecule has 0 aromatic carbocycles. The van der Waals surface area contributed by atoms with Gasteiger partial charge in [0.25, 0.3) is 0 Å². The van der Waals surface area contributed by atoms with Crippen LogP contribution >= 0.6 is 34.4 Å². The zero-order chi connectivity index (χ0) is 13.4. The van der Waals surface area contributed by atoms with E-state index in [0.717, 1.165) is 25.2 Å². The van der Waals surface area contributed by atoms with Crippen molar-refractivity contribution < 1.29 is 5.11 Å². The number of rotatable bonds is 4. The fourth-order valence-corrected chi connectivity index (χ4v) is 4.13. The van der Waals surface area contributed by atoms with Crippen molar-refractivity contribution in [3.63, 3.8) is 0 Å². The standard InChI is InChI=1S/C10H11N5OS3/c1-14(2)9-12-13-10(19-9)18-7-6(5-16)15-3-4-17-8(15)11-7/h3-4,16H,5H2,1-2H3. The summed E-state index contributed by atoms with van der Waals surface area (Å²) in [7, 11) is 3.86. The van der Waals surface area contributed by atoms with E-state index in [1.54, 1.807) is 11.3 Å². The predicted octanol–water partition coefficient (Wildman–Crippen LogP) is 1.96. The molecule has 3 heterocycles. The van der Waals surface area contributed by atoms with Crippen LogP contribution in [0.3, 0.4) is 0 Å². The third kappa shape index (κ3) is 2.34. The van der Waals surface area contributed by atoms with Crippen LogP contribution in [0.25, 0.3) is 4.96 Å². The van der Waals surface area contributed by atoms with Crippen LogP contribution in [0.2, 0.25) is 0 Å². The Morgan fingerprint density at radius 3 is 2.95 bits per heavy atom. The van der Waals surface area contributed by atoms with Gasteiger partial charge in [-0.05, 0) is 11.8 Å². The second kappa shape index (κ2) is 5.08. The van der Waals surface area contributed by atoms with Crippen LogP contribution in [0, 0.1) is 0 Å². The number of hydrogen-bond acceptors (Lipinski definition) is 8. The summed E-state index contributed by atoms with van der Waals surface area (Å²) in [6.07, 6.45) is 1.91. The number of anilines is 1. The highest BCUT2D eigenvalue weighted by atomic mass is 32.2. The fourth-order valence-electron chi connectivity index (χ4n) is 1.55. The van der Waals surface area contributed by atoms with Gasteiger partial charge < -0.3 is 10.0 Å². The van der Waals surface area contributed by atoms with Crippen molar-refractivity contribution in [2.24, 2.45) is 0 Å². The van der Waals surface area contributed by atoms with E-state index in [4.69, 9.17) is 0 Å². The van der Waals surface area contributed by atoms with E-state index in [2.05, 4.69) is 15.2 Å². The normalized spacial score (nSPS) is 11.3. The molecule has 6 nitrogen and oxygen atoms in total. The Hall–Kier alpha value is -1.16. The summed E-state index contributed by atoms with van der Waals surface area (Å²) < 4.78 is 2.73. The molecule has 3 aromatic heterocycles. The molecule has 9 heteroatoms. The molecule has 19 heavy (non-hydrogen) atoms. The molecule has 0 atom stereocenters. The summed E-state index contributed by atoms with van der Waals surface area (Å²) >= 11 is 4.49. The molecular weight excluding hydrogens is 302 g/mol. The third-order valence-electron chi connectivity index (χ3n) is 2.44. The second-order valence-corrected chi connectivity index (χ2v) is 6.99. The Morgan fingerprint density at radius 2 is 2.26 bits per heavy atom. The summed E-state index contributed by atoms with van der Waals surface area (Å²) in [4.78, 5) is 7.30. The molecule has 0 aliphatic carbocycles. The number of aliphatic hydroxyl groups is 1. The smallest absolute Gasteiger partial charge is 0.208 e. The first-order valence-electron chi connectivity index (χ1n) is 5.43. The molecule has 0 fully saturated rings. The lowest BCUT2D eigenvalue weighted by Crippen LogP contribution is -2.07. The molecule has 0 bridgehead atoms. The highest BCUT2D eigenvalue weighted by Crippen LogP contribution is 2.35. The molecule has 0 radical (unpaired) electrons. The van der Waals surface area contributed by atoms with E-state index < -0.39 is 0 Å². The van der Waals surface area contributed by atoms with E-state index in [1.807, 2.05) is 35.0 Å². The van der Waals surface area contributed by atoms with Crippen LogP contribution in [0.1, 0.15) is 5.69 Å². The lowest BCUT2D eigenvalue weighted by atomic mass is 10.5. The van der Waals surface area contributed by atoms with Gasteiger partial charge in [-0.2, -0.15) is 0 Å². The maximum Gasteiger partial charge on any atom is 0.208 e. The molecular formula is C10H11N5OS3. The first-order chi connectivity index (χ1) is 9.19. The summed E-state index contributed by atoms with van der Waals surface area (Å²) in [5.41, 5.74) is 0.794. The molecule has 3 rings (SSSR count). The van der Waals surface area contributed by atoms with Crippen LogP contribution in [-0.2, 0) is 6.61 Å². The predicted molar refractivity (Wildman–Crippen MR) is 77.4 cm³/mol. The molecule has 0 spiro atoms. The minimum Gasteiger partial charge on any atom is -0.390 e. The Labute approximate surface area is 121 Å². The van der Waals surface area contributed by atoms with Crippen molar-refractivity contribution in [1.82, 2.24) is 19.6 Å². The van der Waals surface area contributed by atoms with E-state index in [1.165, 1.54) is 23.1 Å². The van der Waals surface area contributed by atoms with Gasteiger partial charge in [-0.25, -0.2) is 4.98 Å². The van der Waals surface area contributed by atoms with Crippen LogP contribution < -0.4 is 4.90 Å².